The van der Waals surface area contributed by atoms with E-state index in [4.69, 9.17) is 4.74 Å². The van der Waals surface area contributed by atoms with E-state index in [2.05, 4.69) is 4.74 Å². The van der Waals surface area contributed by atoms with Crippen molar-refractivity contribution in [3.05, 3.63) is 71.3 Å². The second-order valence-electron chi connectivity index (χ2n) is 5.52. The number of esters is 1. The van der Waals surface area contributed by atoms with Crippen molar-refractivity contribution in [2.75, 3.05) is 6.61 Å². The summed E-state index contributed by atoms with van der Waals surface area (Å²) < 4.78 is 84.6. The fourth-order valence-electron chi connectivity index (χ4n) is 2.17. The van der Waals surface area contributed by atoms with Crippen molar-refractivity contribution in [1.29, 1.82) is 0 Å². The number of benzene rings is 2. The normalized spacial score (nSPS) is 13.3. The number of halogens is 6. The van der Waals surface area contributed by atoms with Gasteiger partial charge >= 0.3 is 18.3 Å². The number of alkyl halides is 6. The molecule has 0 spiro atoms. The Kier molecular flexibility index (Phi) is 6.48. The Hall–Kier alpha value is -2.55. The summed E-state index contributed by atoms with van der Waals surface area (Å²) in [5.74, 6) is -1.29. The molecule has 0 saturated heterocycles. The van der Waals surface area contributed by atoms with Gasteiger partial charge in [-0.15, -0.1) is 0 Å². The van der Waals surface area contributed by atoms with Crippen molar-refractivity contribution in [3.8, 4) is 0 Å². The molecule has 0 aromatic heterocycles. The van der Waals surface area contributed by atoms with Crippen LogP contribution in [0.25, 0.3) is 0 Å². The van der Waals surface area contributed by atoms with E-state index in [-0.39, 0.29) is 11.1 Å². The number of rotatable bonds is 6. The van der Waals surface area contributed by atoms with E-state index in [0.29, 0.717) is 0 Å². The van der Waals surface area contributed by atoms with Gasteiger partial charge in [-0.05, 0) is 23.3 Å². The van der Waals surface area contributed by atoms with E-state index in [9.17, 15) is 31.1 Å². The third-order valence-electron chi connectivity index (χ3n) is 3.37. The molecule has 0 N–H and O–H groups in total. The van der Waals surface area contributed by atoms with Gasteiger partial charge in [0.2, 0.25) is 0 Å². The zero-order valence-electron chi connectivity index (χ0n) is 13.7. The molecular formula is C18H14F6O3. The molecule has 0 amide bonds. The molecule has 27 heavy (non-hydrogen) atoms. The highest BCUT2D eigenvalue weighted by molar-refractivity contribution is 5.76. The van der Waals surface area contributed by atoms with Crippen LogP contribution in [0.5, 0.6) is 0 Å². The number of hydrogen-bond donors (Lipinski definition) is 0. The van der Waals surface area contributed by atoms with Gasteiger partial charge in [-0.1, -0.05) is 42.5 Å². The Morgan fingerprint density at radius 3 is 2.19 bits per heavy atom. The molecule has 0 aliphatic carbocycles. The lowest BCUT2D eigenvalue weighted by molar-refractivity contribution is -0.194. The Balaban J connectivity index is 2.14. The molecule has 2 aromatic rings. The molecule has 3 nitrogen and oxygen atoms in total. The number of carbonyl (C=O) groups excluding carboxylic acids is 1. The fraction of sp³-hybridized carbons (Fsp3) is 0.278. The molecule has 0 bridgehead atoms. The molecule has 146 valence electrons. The van der Waals surface area contributed by atoms with Gasteiger partial charge in [-0.25, -0.2) is 4.79 Å². The second kappa shape index (κ2) is 8.43. The minimum Gasteiger partial charge on any atom is -0.454 e. The van der Waals surface area contributed by atoms with Gasteiger partial charge in [0, 0.05) is 0 Å². The molecule has 0 aliphatic heterocycles. The molecule has 1 atom stereocenters. The molecule has 0 heterocycles. The summed E-state index contributed by atoms with van der Waals surface area (Å²) in [5.41, 5.74) is -0.578. The molecule has 1 unspecified atom stereocenters. The Bertz CT molecular complexity index is 756. The average Bonchev–Trinajstić information content (AvgIpc) is 2.60. The fourth-order valence-corrected chi connectivity index (χ4v) is 2.17. The van der Waals surface area contributed by atoms with E-state index >= 15 is 0 Å². The van der Waals surface area contributed by atoms with E-state index < -0.39 is 43.2 Å². The van der Waals surface area contributed by atoms with Crippen LogP contribution >= 0.6 is 0 Å². The summed E-state index contributed by atoms with van der Waals surface area (Å²) >= 11 is 0. The summed E-state index contributed by atoms with van der Waals surface area (Å²) in [6.07, 6.45) is -10.8. The Morgan fingerprint density at radius 2 is 1.59 bits per heavy atom. The average molecular weight is 392 g/mol. The van der Waals surface area contributed by atoms with Crippen molar-refractivity contribution in [2.45, 2.75) is 25.1 Å². The van der Waals surface area contributed by atoms with Gasteiger partial charge < -0.3 is 9.47 Å². The molecule has 0 radical (unpaired) electrons. The molecule has 2 aromatic carbocycles. The molecule has 0 aliphatic rings. The first-order valence-electron chi connectivity index (χ1n) is 7.62. The second-order valence-corrected chi connectivity index (χ2v) is 5.52. The van der Waals surface area contributed by atoms with Crippen LogP contribution < -0.4 is 0 Å². The molecule has 2 rings (SSSR count). The topological polar surface area (TPSA) is 35.5 Å². The summed E-state index contributed by atoms with van der Waals surface area (Å²) in [5, 5.41) is 0. The van der Waals surface area contributed by atoms with E-state index in [1.165, 1.54) is 36.4 Å². The van der Waals surface area contributed by atoms with Gasteiger partial charge in [-0.2, -0.15) is 26.3 Å². The Labute approximate surface area is 150 Å². The largest absolute Gasteiger partial charge is 0.454 e. The van der Waals surface area contributed by atoms with E-state index in [1.807, 2.05) is 0 Å². The summed E-state index contributed by atoms with van der Waals surface area (Å²) in [7, 11) is 0. The summed E-state index contributed by atoms with van der Waals surface area (Å²) in [4.78, 5) is 12.0. The lowest BCUT2D eigenvalue weighted by Gasteiger charge is -2.18. The van der Waals surface area contributed by atoms with Crippen molar-refractivity contribution < 1.29 is 40.6 Å². The van der Waals surface area contributed by atoms with Gasteiger partial charge in [0.1, 0.15) is 0 Å². The number of ether oxygens (including phenoxy) is 2. The number of carbonyl (C=O) groups is 1. The maximum atomic E-state index is 12.8. The monoisotopic (exact) mass is 392 g/mol. The van der Waals surface area contributed by atoms with Crippen LogP contribution in [0.4, 0.5) is 26.3 Å². The molecule has 0 saturated carbocycles. The minimum absolute atomic E-state index is 0.106. The zero-order chi connectivity index (χ0) is 20.1. The van der Waals surface area contributed by atoms with Crippen molar-refractivity contribution >= 4 is 5.97 Å². The smallest absolute Gasteiger partial charge is 0.422 e. The first-order valence-corrected chi connectivity index (χ1v) is 7.62. The van der Waals surface area contributed by atoms with Crippen molar-refractivity contribution in [1.82, 2.24) is 0 Å². The van der Waals surface area contributed by atoms with Gasteiger partial charge in [-0.3, -0.25) is 0 Å². The first kappa shape index (κ1) is 20.8. The molecule has 0 fully saturated rings. The third kappa shape index (κ3) is 6.59. The van der Waals surface area contributed by atoms with E-state index in [0.717, 1.165) is 12.1 Å². The highest BCUT2D eigenvalue weighted by Crippen LogP contribution is 2.30. The van der Waals surface area contributed by atoms with E-state index in [1.54, 1.807) is 6.07 Å². The van der Waals surface area contributed by atoms with Crippen molar-refractivity contribution in [3.63, 3.8) is 0 Å². The predicted molar refractivity (Wildman–Crippen MR) is 82.4 cm³/mol. The van der Waals surface area contributed by atoms with Gasteiger partial charge in [0.05, 0.1) is 12.2 Å². The Morgan fingerprint density at radius 1 is 0.926 bits per heavy atom. The van der Waals surface area contributed by atoms with Crippen LogP contribution in [0.15, 0.2) is 54.6 Å². The highest BCUT2D eigenvalue weighted by Gasteiger charge is 2.33. The predicted octanol–water partition coefficient (Wildman–Crippen LogP) is 5.07. The first-order chi connectivity index (χ1) is 12.6. The standard InChI is InChI=1S/C18H14F6O3/c19-17(20,21)11-27-16(25)15(13-6-2-1-3-7-13)26-10-12-5-4-8-14(9-12)18(22,23)24/h1-9,15H,10-11H2. The van der Waals surface area contributed by atoms with Gasteiger partial charge in [0.25, 0.3) is 0 Å². The summed E-state index contributed by atoms with van der Waals surface area (Å²) in [6.45, 7) is -2.22. The SMILES string of the molecule is O=C(OCC(F)(F)F)C(OCc1cccc(C(F)(F)F)c1)c1ccccc1. The van der Waals surface area contributed by atoms with Gasteiger partial charge in [0.15, 0.2) is 12.7 Å². The quantitative estimate of drug-likeness (QED) is 0.509. The maximum Gasteiger partial charge on any atom is 0.422 e. The van der Waals surface area contributed by atoms with Crippen LogP contribution in [0.3, 0.4) is 0 Å². The third-order valence-corrected chi connectivity index (χ3v) is 3.37. The van der Waals surface area contributed by atoms with Crippen LogP contribution in [-0.2, 0) is 27.1 Å². The van der Waals surface area contributed by atoms with Crippen molar-refractivity contribution in [2.24, 2.45) is 0 Å². The van der Waals surface area contributed by atoms with Crippen LogP contribution in [-0.4, -0.2) is 18.8 Å². The highest BCUT2D eigenvalue weighted by atomic mass is 19.4. The number of hydrogen-bond acceptors (Lipinski definition) is 3. The molecular weight excluding hydrogens is 378 g/mol. The minimum atomic E-state index is -4.71. The lowest BCUT2D eigenvalue weighted by Crippen LogP contribution is -2.25. The van der Waals surface area contributed by atoms with Crippen LogP contribution in [0, 0.1) is 0 Å². The summed E-state index contributed by atoms with van der Waals surface area (Å²) in [6, 6.07) is 11.8. The van der Waals surface area contributed by atoms with Crippen LogP contribution in [0.1, 0.15) is 22.8 Å². The van der Waals surface area contributed by atoms with Crippen LogP contribution in [0.2, 0.25) is 0 Å². The molecule has 9 heteroatoms. The maximum absolute atomic E-state index is 12.8. The lowest BCUT2D eigenvalue weighted by atomic mass is 10.1. The zero-order valence-corrected chi connectivity index (χ0v) is 13.7.